The number of carbonyl (C=O) groups is 1. The molecular formula is C12H26N2O2. The van der Waals surface area contributed by atoms with Crippen molar-refractivity contribution < 1.29 is 9.53 Å². The molecule has 0 radical (unpaired) electrons. The molecule has 0 saturated carbocycles. The average Bonchev–Trinajstić information content (AvgIpc) is 2.16. The van der Waals surface area contributed by atoms with Gasteiger partial charge < -0.3 is 15.4 Å². The second-order valence-electron chi connectivity index (χ2n) is 5.15. The number of ether oxygens (including phenoxy) is 1. The first kappa shape index (κ1) is 15.4. The van der Waals surface area contributed by atoms with Crippen LogP contribution in [0.2, 0.25) is 0 Å². The Kier molecular flexibility index (Phi) is 8.21. The van der Waals surface area contributed by atoms with Gasteiger partial charge in [0, 0.05) is 26.6 Å². The van der Waals surface area contributed by atoms with Crippen molar-refractivity contribution in [2.75, 3.05) is 33.4 Å². The van der Waals surface area contributed by atoms with Crippen LogP contribution >= 0.6 is 0 Å². The molecule has 0 aliphatic heterocycles. The summed E-state index contributed by atoms with van der Waals surface area (Å²) >= 11 is 0. The SMILES string of the molecule is COCCNC(=O)CCNCCC(C)(C)C. The summed E-state index contributed by atoms with van der Waals surface area (Å²) in [7, 11) is 1.63. The maximum atomic E-state index is 11.3. The fourth-order valence-corrected chi connectivity index (χ4v) is 1.17. The molecule has 0 fully saturated rings. The van der Waals surface area contributed by atoms with Crippen LogP contribution < -0.4 is 10.6 Å². The van der Waals surface area contributed by atoms with Crippen LogP contribution in [-0.4, -0.2) is 39.3 Å². The van der Waals surface area contributed by atoms with Gasteiger partial charge in [-0.2, -0.15) is 0 Å². The first-order chi connectivity index (χ1) is 7.45. The van der Waals surface area contributed by atoms with E-state index < -0.39 is 0 Å². The minimum absolute atomic E-state index is 0.0836. The van der Waals surface area contributed by atoms with Crippen molar-refractivity contribution in [3.63, 3.8) is 0 Å². The Labute approximate surface area is 99.1 Å². The Balaban J connectivity index is 3.28. The normalized spacial score (nSPS) is 11.5. The highest BCUT2D eigenvalue weighted by molar-refractivity contribution is 5.75. The van der Waals surface area contributed by atoms with E-state index in [-0.39, 0.29) is 5.91 Å². The average molecular weight is 230 g/mol. The summed E-state index contributed by atoms with van der Waals surface area (Å²) in [6.45, 7) is 9.52. The number of hydrogen-bond acceptors (Lipinski definition) is 3. The Morgan fingerprint density at radius 1 is 1.19 bits per heavy atom. The molecule has 2 N–H and O–H groups in total. The van der Waals surface area contributed by atoms with Gasteiger partial charge in [-0.25, -0.2) is 0 Å². The van der Waals surface area contributed by atoms with Crippen molar-refractivity contribution in [1.82, 2.24) is 10.6 Å². The first-order valence-electron chi connectivity index (χ1n) is 5.92. The van der Waals surface area contributed by atoms with Crippen molar-refractivity contribution >= 4 is 5.91 Å². The molecule has 4 nitrogen and oxygen atoms in total. The van der Waals surface area contributed by atoms with E-state index >= 15 is 0 Å². The molecule has 0 atom stereocenters. The van der Waals surface area contributed by atoms with Gasteiger partial charge in [-0.3, -0.25) is 4.79 Å². The van der Waals surface area contributed by atoms with Gasteiger partial charge in [-0.1, -0.05) is 20.8 Å². The van der Waals surface area contributed by atoms with E-state index in [1.165, 1.54) is 0 Å². The van der Waals surface area contributed by atoms with Crippen LogP contribution in [0.15, 0.2) is 0 Å². The summed E-state index contributed by atoms with van der Waals surface area (Å²) in [5.74, 6) is 0.0836. The summed E-state index contributed by atoms with van der Waals surface area (Å²) in [6.07, 6.45) is 1.66. The van der Waals surface area contributed by atoms with E-state index in [0.29, 0.717) is 25.0 Å². The molecule has 0 spiro atoms. The fourth-order valence-electron chi connectivity index (χ4n) is 1.17. The molecule has 0 heterocycles. The number of nitrogens with one attached hydrogen (secondary N) is 2. The zero-order chi connectivity index (χ0) is 12.4. The molecule has 0 aliphatic rings. The van der Waals surface area contributed by atoms with Crippen molar-refractivity contribution in [2.45, 2.75) is 33.6 Å². The Morgan fingerprint density at radius 3 is 2.44 bits per heavy atom. The van der Waals surface area contributed by atoms with Gasteiger partial charge in [0.15, 0.2) is 0 Å². The minimum atomic E-state index is 0.0836. The Hall–Kier alpha value is -0.610. The third-order valence-electron chi connectivity index (χ3n) is 2.21. The molecule has 0 aliphatic carbocycles. The van der Waals surface area contributed by atoms with Gasteiger partial charge in [-0.05, 0) is 18.4 Å². The molecule has 0 rings (SSSR count). The van der Waals surface area contributed by atoms with Crippen LogP contribution in [0.4, 0.5) is 0 Å². The van der Waals surface area contributed by atoms with E-state index in [1.54, 1.807) is 7.11 Å². The van der Waals surface area contributed by atoms with Crippen LogP contribution in [0.1, 0.15) is 33.6 Å². The molecule has 96 valence electrons. The standard InChI is InChI=1S/C12H26N2O2/c1-12(2,3)6-8-13-7-5-11(15)14-9-10-16-4/h13H,5-10H2,1-4H3,(H,14,15). The summed E-state index contributed by atoms with van der Waals surface area (Å²) in [5, 5.41) is 6.06. The van der Waals surface area contributed by atoms with Crippen LogP contribution in [0.3, 0.4) is 0 Å². The van der Waals surface area contributed by atoms with Crippen molar-refractivity contribution in [3.05, 3.63) is 0 Å². The smallest absolute Gasteiger partial charge is 0.221 e. The van der Waals surface area contributed by atoms with E-state index in [2.05, 4.69) is 31.4 Å². The second kappa shape index (κ2) is 8.53. The predicted octanol–water partition coefficient (Wildman–Crippen LogP) is 1.16. The number of carbonyl (C=O) groups excluding carboxylic acids is 1. The second-order valence-corrected chi connectivity index (χ2v) is 5.15. The van der Waals surface area contributed by atoms with Gasteiger partial charge in [0.1, 0.15) is 0 Å². The van der Waals surface area contributed by atoms with Crippen LogP contribution in [-0.2, 0) is 9.53 Å². The molecule has 0 unspecified atom stereocenters. The highest BCUT2D eigenvalue weighted by Gasteiger charge is 2.08. The van der Waals surface area contributed by atoms with Gasteiger partial charge >= 0.3 is 0 Å². The third kappa shape index (κ3) is 11.5. The van der Waals surface area contributed by atoms with Crippen molar-refractivity contribution in [1.29, 1.82) is 0 Å². The summed E-state index contributed by atoms with van der Waals surface area (Å²) in [6, 6.07) is 0. The summed E-state index contributed by atoms with van der Waals surface area (Å²) in [5.41, 5.74) is 0.355. The van der Waals surface area contributed by atoms with E-state index in [4.69, 9.17) is 4.74 Å². The quantitative estimate of drug-likeness (QED) is 0.615. The van der Waals surface area contributed by atoms with Gasteiger partial charge in [0.25, 0.3) is 0 Å². The topological polar surface area (TPSA) is 50.4 Å². The maximum Gasteiger partial charge on any atom is 0.221 e. The molecule has 0 aromatic carbocycles. The highest BCUT2D eigenvalue weighted by atomic mass is 16.5. The lowest BCUT2D eigenvalue weighted by molar-refractivity contribution is -0.121. The third-order valence-corrected chi connectivity index (χ3v) is 2.21. The van der Waals surface area contributed by atoms with Gasteiger partial charge in [0.2, 0.25) is 5.91 Å². The number of amides is 1. The fraction of sp³-hybridized carbons (Fsp3) is 0.917. The highest BCUT2D eigenvalue weighted by Crippen LogP contribution is 2.16. The largest absolute Gasteiger partial charge is 0.383 e. The van der Waals surface area contributed by atoms with Gasteiger partial charge in [-0.15, -0.1) is 0 Å². The lowest BCUT2D eigenvalue weighted by Crippen LogP contribution is -2.30. The van der Waals surface area contributed by atoms with E-state index in [0.717, 1.165) is 19.5 Å². The van der Waals surface area contributed by atoms with E-state index in [1.807, 2.05) is 0 Å². The van der Waals surface area contributed by atoms with Crippen molar-refractivity contribution in [3.8, 4) is 0 Å². The molecule has 1 amide bonds. The Morgan fingerprint density at radius 2 is 1.88 bits per heavy atom. The molecule has 0 saturated heterocycles. The van der Waals surface area contributed by atoms with Gasteiger partial charge in [0.05, 0.1) is 6.61 Å². The molecule has 0 aromatic rings. The van der Waals surface area contributed by atoms with Crippen molar-refractivity contribution in [2.24, 2.45) is 5.41 Å². The zero-order valence-electron chi connectivity index (χ0n) is 11.1. The number of methoxy groups -OCH3 is 1. The number of hydrogen-bond donors (Lipinski definition) is 2. The summed E-state index contributed by atoms with van der Waals surface area (Å²) in [4.78, 5) is 11.3. The molecule has 4 heteroatoms. The monoisotopic (exact) mass is 230 g/mol. The molecule has 0 bridgehead atoms. The van der Waals surface area contributed by atoms with Crippen LogP contribution in [0.5, 0.6) is 0 Å². The maximum absolute atomic E-state index is 11.3. The lowest BCUT2D eigenvalue weighted by atomic mass is 9.92. The number of rotatable bonds is 8. The van der Waals surface area contributed by atoms with Crippen LogP contribution in [0.25, 0.3) is 0 Å². The Bertz CT molecular complexity index is 188. The molecule has 0 aromatic heterocycles. The first-order valence-corrected chi connectivity index (χ1v) is 5.92. The minimum Gasteiger partial charge on any atom is -0.383 e. The molecule has 16 heavy (non-hydrogen) atoms. The zero-order valence-corrected chi connectivity index (χ0v) is 11.1. The molecular weight excluding hydrogens is 204 g/mol. The predicted molar refractivity (Wildman–Crippen MR) is 66.4 cm³/mol. The van der Waals surface area contributed by atoms with Crippen LogP contribution in [0, 0.1) is 5.41 Å². The lowest BCUT2D eigenvalue weighted by Gasteiger charge is -2.17. The summed E-state index contributed by atoms with van der Waals surface area (Å²) < 4.78 is 4.84. The van der Waals surface area contributed by atoms with E-state index in [9.17, 15) is 4.79 Å².